The molecule has 0 spiro atoms. The number of aliphatic hydroxyl groups excluding tert-OH is 2. The van der Waals surface area contributed by atoms with Crippen LogP contribution in [-0.4, -0.2) is 62.6 Å². The summed E-state index contributed by atoms with van der Waals surface area (Å²) in [6.07, 6.45) is 20.9. The summed E-state index contributed by atoms with van der Waals surface area (Å²) in [5, 5.41) is 18.8. The predicted octanol–water partition coefficient (Wildman–Crippen LogP) is 5.65. The van der Waals surface area contributed by atoms with E-state index in [0.29, 0.717) is 13.2 Å². The lowest BCUT2D eigenvalue weighted by molar-refractivity contribution is -0.0586. The van der Waals surface area contributed by atoms with Gasteiger partial charge in [-0.3, -0.25) is 0 Å². The van der Waals surface area contributed by atoms with E-state index in [9.17, 15) is 5.11 Å². The van der Waals surface area contributed by atoms with Crippen molar-refractivity contribution in [2.75, 3.05) is 40.1 Å². The van der Waals surface area contributed by atoms with E-state index in [4.69, 9.17) is 19.3 Å². The Hall–Kier alpha value is -0.200. The molecule has 0 rings (SSSR count). The Morgan fingerprint density at radius 1 is 0.600 bits per heavy atom. The fraction of sp³-hybridized carbons (Fsp3) is 1.00. The van der Waals surface area contributed by atoms with E-state index in [1.54, 1.807) is 0 Å². The van der Waals surface area contributed by atoms with Gasteiger partial charge in [-0.25, -0.2) is 0 Å². The van der Waals surface area contributed by atoms with Crippen molar-refractivity contribution < 1.29 is 24.4 Å². The maximum absolute atomic E-state index is 9.79. The summed E-state index contributed by atoms with van der Waals surface area (Å²) in [6.45, 7) is 3.69. The summed E-state index contributed by atoms with van der Waals surface area (Å²) in [4.78, 5) is 0. The molecule has 2 unspecified atom stereocenters. The molecule has 5 nitrogen and oxygen atoms in total. The van der Waals surface area contributed by atoms with Crippen LogP contribution >= 0.6 is 0 Å². The van der Waals surface area contributed by atoms with Gasteiger partial charge in [-0.05, 0) is 6.42 Å². The number of ether oxygens (including phenoxy) is 3. The number of rotatable bonds is 25. The van der Waals surface area contributed by atoms with E-state index in [-0.39, 0.29) is 25.9 Å². The second kappa shape index (κ2) is 25.1. The third-order valence-electron chi connectivity index (χ3n) is 5.60. The van der Waals surface area contributed by atoms with Gasteiger partial charge in [0, 0.05) is 13.7 Å². The first-order chi connectivity index (χ1) is 14.7. The highest BCUT2D eigenvalue weighted by molar-refractivity contribution is 4.56. The highest BCUT2D eigenvalue weighted by Gasteiger charge is 2.09. The second-order valence-electron chi connectivity index (χ2n) is 8.61. The Bertz CT molecular complexity index is 310. The third kappa shape index (κ3) is 22.5. The molecule has 0 aliphatic rings. The van der Waals surface area contributed by atoms with Crippen molar-refractivity contribution in [2.24, 2.45) is 0 Å². The van der Waals surface area contributed by atoms with Crippen molar-refractivity contribution in [1.29, 1.82) is 0 Å². The van der Waals surface area contributed by atoms with Crippen LogP contribution in [0.3, 0.4) is 0 Å². The van der Waals surface area contributed by atoms with Gasteiger partial charge in [-0.1, -0.05) is 103 Å². The van der Waals surface area contributed by atoms with Crippen molar-refractivity contribution in [3.05, 3.63) is 0 Å². The zero-order valence-corrected chi connectivity index (χ0v) is 20.1. The molecule has 0 radical (unpaired) electrons. The van der Waals surface area contributed by atoms with Crippen molar-refractivity contribution in [3.63, 3.8) is 0 Å². The van der Waals surface area contributed by atoms with Crippen LogP contribution in [0.25, 0.3) is 0 Å². The molecule has 30 heavy (non-hydrogen) atoms. The van der Waals surface area contributed by atoms with Gasteiger partial charge in [-0.15, -0.1) is 0 Å². The standard InChI is InChI=1S/C25H52O5/c1-3-4-5-6-7-8-9-10-11-12-13-14-15-16-17-18-19-29-21-24(27)22-30-23-25(20-26)28-2/h24-27H,3-23H2,1-2H3. The van der Waals surface area contributed by atoms with Crippen LogP contribution in [0.1, 0.15) is 110 Å². The van der Waals surface area contributed by atoms with E-state index in [0.717, 1.165) is 6.42 Å². The van der Waals surface area contributed by atoms with E-state index >= 15 is 0 Å². The molecular formula is C25H52O5. The van der Waals surface area contributed by atoms with Gasteiger partial charge in [0.1, 0.15) is 12.2 Å². The minimum atomic E-state index is -0.623. The summed E-state index contributed by atoms with van der Waals surface area (Å²) in [7, 11) is 1.53. The highest BCUT2D eigenvalue weighted by atomic mass is 16.5. The average Bonchev–Trinajstić information content (AvgIpc) is 2.76. The van der Waals surface area contributed by atoms with Crippen molar-refractivity contribution >= 4 is 0 Å². The van der Waals surface area contributed by atoms with Crippen molar-refractivity contribution in [3.8, 4) is 0 Å². The first kappa shape index (κ1) is 29.8. The predicted molar refractivity (Wildman–Crippen MR) is 125 cm³/mol. The fourth-order valence-corrected chi connectivity index (χ4v) is 3.55. The lowest BCUT2D eigenvalue weighted by atomic mass is 10.0. The van der Waals surface area contributed by atoms with Gasteiger partial charge in [0.05, 0.1) is 26.4 Å². The first-order valence-electron chi connectivity index (χ1n) is 12.7. The van der Waals surface area contributed by atoms with Gasteiger partial charge in [-0.2, -0.15) is 0 Å². The minimum absolute atomic E-state index is 0.0810. The van der Waals surface area contributed by atoms with Gasteiger partial charge in [0.15, 0.2) is 0 Å². The highest BCUT2D eigenvalue weighted by Crippen LogP contribution is 2.13. The van der Waals surface area contributed by atoms with Crippen LogP contribution in [0.5, 0.6) is 0 Å². The van der Waals surface area contributed by atoms with Crippen LogP contribution in [-0.2, 0) is 14.2 Å². The molecule has 0 aromatic rings. The van der Waals surface area contributed by atoms with E-state index in [1.165, 1.54) is 103 Å². The number of hydrogen-bond acceptors (Lipinski definition) is 5. The Kier molecular flexibility index (Phi) is 24.9. The molecule has 0 aliphatic heterocycles. The third-order valence-corrected chi connectivity index (χ3v) is 5.60. The van der Waals surface area contributed by atoms with Gasteiger partial charge in [0.2, 0.25) is 0 Å². The molecule has 0 aromatic heterocycles. The normalized spacial score (nSPS) is 13.6. The molecule has 0 fully saturated rings. The Balaban J connectivity index is 3.15. The van der Waals surface area contributed by atoms with Crippen LogP contribution in [0.15, 0.2) is 0 Å². The van der Waals surface area contributed by atoms with Crippen LogP contribution in [0, 0.1) is 0 Å². The largest absolute Gasteiger partial charge is 0.394 e. The molecule has 0 saturated heterocycles. The quantitative estimate of drug-likeness (QED) is 0.182. The molecular weight excluding hydrogens is 380 g/mol. The van der Waals surface area contributed by atoms with E-state index in [1.807, 2.05) is 0 Å². The van der Waals surface area contributed by atoms with Gasteiger partial charge < -0.3 is 24.4 Å². The Morgan fingerprint density at radius 2 is 1.03 bits per heavy atom. The smallest absolute Gasteiger partial charge is 0.103 e. The minimum Gasteiger partial charge on any atom is -0.394 e. The molecule has 0 aromatic carbocycles. The maximum Gasteiger partial charge on any atom is 0.103 e. The fourth-order valence-electron chi connectivity index (χ4n) is 3.55. The molecule has 0 saturated carbocycles. The molecule has 5 heteroatoms. The number of hydrogen-bond donors (Lipinski definition) is 2. The summed E-state index contributed by atoms with van der Waals surface area (Å²) in [5.74, 6) is 0. The van der Waals surface area contributed by atoms with E-state index in [2.05, 4.69) is 6.92 Å². The molecule has 0 amide bonds. The van der Waals surface area contributed by atoms with Crippen LogP contribution < -0.4 is 0 Å². The molecule has 2 atom stereocenters. The van der Waals surface area contributed by atoms with Crippen LogP contribution in [0.2, 0.25) is 0 Å². The maximum atomic E-state index is 9.79. The van der Waals surface area contributed by atoms with Gasteiger partial charge in [0.25, 0.3) is 0 Å². The zero-order chi connectivity index (χ0) is 22.1. The van der Waals surface area contributed by atoms with Crippen LogP contribution in [0.4, 0.5) is 0 Å². The zero-order valence-electron chi connectivity index (χ0n) is 20.1. The molecule has 182 valence electrons. The Morgan fingerprint density at radius 3 is 1.47 bits per heavy atom. The van der Waals surface area contributed by atoms with Crippen molar-refractivity contribution in [2.45, 2.75) is 122 Å². The molecule has 2 N–H and O–H groups in total. The lowest BCUT2D eigenvalue weighted by Gasteiger charge is -2.15. The average molecular weight is 433 g/mol. The number of unbranched alkanes of at least 4 members (excludes halogenated alkanes) is 15. The summed E-state index contributed by atoms with van der Waals surface area (Å²) in [6, 6.07) is 0. The lowest BCUT2D eigenvalue weighted by Crippen LogP contribution is -2.27. The van der Waals surface area contributed by atoms with E-state index < -0.39 is 6.10 Å². The summed E-state index contributed by atoms with van der Waals surface area (Å²) in [5.41, 5.74) is 0. The number of aliphatic hydroxyl groups is 2. The first-order valence-corrected chi connectivity index (χ1v) is 12.7. The molecule has 0 heterocycles. The molecule has 0 aliphatic carbocycles. The second-order valence-corrected chi connectivity index (χ2v) is 8.61. The van der Waals surface area contributed by atoms with Crippen molar-refractivity contribution in [1.82, 2.24) is 0 Å². The molecule has 0 bridgehead atoms. The summed E-state index contributed by atoms with van der Waals surface area (Å²) < 4.78 is 15.8. The monoisotopic (exact) mass is 432 g/mol. The number of methoxy groups -OCH3 is 1. The van der Waals surface area contributed by atoms with Gasteiger partial charge >= 0.3 is 0 Å². The topological polar surface area (TPSA) is 68.2 Å². The summed E-state index contributed by atoms with van der Waals surface area (Å²) >= 11 is 0. The SMILES string of the molecule is CCCCCCCCCCCCCCCCCCOCC(O)COCC(CO)OC. The Labute approximate surface area is 186 Å².